The molecule has 0 bridgehead atoms. The Morgan fingerprint density at radius 2 is 2.00 bits per heavy atom. The molecule has 25 heavy (non-hydrogen) atoms. The number of carbonyl (C=O) groups excluding carboxylic acids is 1. The normalized spacial score (nSPS) is 11.5. The fourth-order valence-corrected chi connectivity index (χ4v) is 2.70. The van der Waals surface area contributed by atoms with Gasteiger partial charge >= 0.3 is 0 Å². The van der Waals surface area contributed by atoms with Crippen LogP contribution in [0.15, 0.2) is 60.4 Å². The minimum Gasteiger partial charge on any atom is -0.496 e. The summed E-state index contributed by atoms with van der Waals surface area (Å²) in [7, 11) is 1.66. The number of pyridine rings is 1. The molecule has 1 amide bonds. The Hall–Kier alpha value is -2.62. The number of para-hydroxylation sites is 1. The van der Waals surface area contributed by atoms with E-state index >= 15 is 0 Å². The van der Waals surface area contributed by atoms with Crippen molar-refractivity contribution in [2.75, 3.05) is 7.11 Å². The third-order valence-corrected chi connectivity index (χ3v) is 4.01. The number of carbonyl (C=O) groups is 1. The molecule has 1 aromatic carbocycles. The molecule has 0 spiro atoms. The number of methoxy groups -OCH3 is 1. The van der Waals surface area contributed by atoms with E-state index in [2.05, 4.69) is 4.98 Å². The van der Waals surface area contributed by atoms with Crippen molar-refractivity contribution in [1.82, 2.24) is 9.88 Å². The second-order valence-electron chi connectivity index (χ2n) is 6.40. The maximum Gasteiger partial charge on any atom is 0.247 e. The van der Waals surface area contributed by atoms with Crippen molar-refractivity contribution >= 4 is 5.91 Å². The van der Waals surface area contributed by atoms with E-state index in [9.17, 15) is 4.79 Å². The highest BCUT2D eigenvalue weighted by Gasteiger charge is 2.16. The molecule has 4 nitrogen and oxygen atoms in total. The molecule has 0 aliphatic carbocycles. The summed E-state index contributed by atoms with van der Waals surface area (Å²) in [5.74, 6) is 0.866. The van der Waals surface area contributed by atoms with Gasteiger partial charge in [0.05, 0.1) is 7.11 Å². The van der Waals surface area contributed by atoms with Gasteiger partial charge in [0.15, 0.2) is 0 Å². The van der Waals surface area contributed by atoms with Crippen molar-refractivity contribution in [3.05, 3.63) is 71.6 Å². The molecule has 0 saturated carbocycles. The molecule has 0 aliphatic rings. The fourth-order valence-electron chi connectivity index (χ4n) is 2.70. The van der Waals surface area contributed by atoms with Crippen molar-refractivity contribution in [2.45, 2.75) is 39.8 Å². The van der Waals surface area contributed by atoms with Gasteiger partial charge in [0.2, 0.25) is 5.91 Å². The highest BCUT2D eigenvalue weighted by molar-refractivity contribution is 5.88. The highest BCUT2D eigenvalue weighted by Crippen LogP contribution is 2.21. The van der Waals surface area contributed by atoms with Gasteiger partial charge in [0.25, 0.3) is 0 Å². The Morgan fingerprint density at radius 1 is 1.24 bits per heavy atom. The van der Waals surface area contributed by atoms with Crippen LogP contribution in [-0.4, -0.2) is 28.9 Å². The quantitative estimate of drug-likeness (QED) is 0.716. The summed E-state index contributed by atoms with van der Waals surface area (Å²) in [6, 6.07) is 11.9. The summed E-state index contributed by atoms with van der Waals surface area (Å²) in [4.78, 5) is 18.7. The third-order valence-electron chi connectivity index (χ3n) is 4.01. The van der Waals surface area contributed by atoms with Gasteiger partial charge in [-0.1, -0.05) is 29.8 Å². The molecule has 0 fully saturated rings. The first-order valence-corrected chi connectivity index (χ1v) is 8.50. The summed E-state index contributed by atoms with van der Waals surface area (Å²) in [6.45, 7) is 6.59. The van der Waals surface area contributed by atoms with Gasteiger partial charge in [-0.3, -0.25) is 9.78 Å². The maximum atomic E-state index is 12.7. The molecule has 1 aromatic heterocycles. The summed E-state index contributed by atoms with van der Waals surface area (Å²) < 4.78 is 5.39. The Balaban J connectivity index is 2.11. The zero-order valence-corrected chi connectivity index (χ0v) is 15.4. The van der Waals surface area contributed by atoms with E-state index in [-0.39, 0.29) is 11.9 Å². The van der Waals surface area contributed by atoms with Crippen LogP contribution in [0, 0.1) is 0 Å². The van der Waals surface area contributed by atoms with E-state index in [4.69, 9.17) is 4.74 Å². The van der Waals surface area contributed by atoms with E-state index in [0.717, 1.165) is 22.4 Å². The van der Waals surface area contributed by atoms with Crippen LogP contribution < -0.4 is 4.74 Å². The molecule has 0 N–H and O–H groups in total. The Labute approximate surface area is 150 Å². The van der Waals surface area contributed by atoms with Crippen molar-refractivity contribution < 1.29 is 9.53 Å². The summed E-state index contributed by atoms with van der Waals surface area (Å²) >= 11 is 0. The minimum atomic E-state index is 0.0197. The Morgan fingerprint density at radius 3 is 2.64 bits per heavy atom. The van der Waals surface area contributed by atoms with Crippen molar-refractivity contribution in [2.24, 2.45) is 0 Å². The number of allylic oxidation sites excluding steroid dienone is 1. The number of nitrogens with zero attached hydrogens (tertiary/aromatic N) is 2. The topological polar surface area (TPSA) is 42.4 Å². The van der Waals surface area contributed by atoms with Gasteiger partial charge in [0, 0.05) is 31.1 Å². The Kier molecular flexibility index (Phi) is 6.75. The standard InChI is InChI=1S/C21H26N2O2/c1-16(2)23(15-18-8-7-11-22-14-18)21(24)13-17(3)12-19-9-5-6-10-20(19)25-4/h5-11,13-14,16H,12,15H2,1-4H3/b17-13-. The molecular weight excluding hydrogens is 312 g/mol. The van der Waals surface area contributed by atoms with Crippen molar-refractivity contribution in [3.63, 3.8) is 0 Å². The average Bonchev–Trinajstić information content (AvgIpc) is 2.60. The molecule has 2 rings (SSSR count). The molecule has 0 aliphatic heterocycles. The molecule has 1 heterocycles. The summed E-state index contributed by atoms with van der Waals surface area (Å²) in [6.07, 6.45) is 5.95. The second-order valence-corrected chi connectivity index (χ2v) is 6.40. The van der Waals surface area contributed by atoms with E-state index < -0.39 is 0 Å². The lowest BCUT2D eigenvalue weighted by atomic mass is 10.0. The van der Waals surface area contributed by atoms with E-state index in [0.29, 0.717) is 13.0 Å². The first-order chi connectivity index (χ1) is 12.0. The van der Waals surface area contributed by atoms with E-state index in [1.165, 1.54) is 0 Å². The van der Waals surface area contributed by atoms with Crippen LogP contribution in [0.25, 0.3) is 0 Å². The monoisotopic (exact) mass is 338 g/mol. The fraction of sp³-hybridized carbons (Fsp3) is 0.333. The Bertz CT molecular complexity index is 724. The van der Waals surface area contributed by atoms with Crippen LogP contribution in [0.5, 0.6) is 5.75 Å². The van der Waals surface area contributed by atoms with Gasteiger partial charge in [0.1, 0.15) is 5.75 Å². The molecule has 0 atom stereocenters. The average molecular weight is 338 g/mol. The number of aromatic nitrogens is 1. The van der Waals surface area contributed by atoms with E-state index in [1.807, 2.05) is 62.1 Å². The third kappa shape index (κ3) is 5.45. The molecule has 0 unspecified atom stereocenters. The summed E-state index contributed by atoms with van der Waals surface area (Å²) in [5.41, 5.74) is 3.11. The van der Waals surface area contributed by atoms with Gasteiger partial charge in [-0.25, -0.2) is 0 Å². The number of benzene rings is 1. The van der Waals surface area contributed by atoms with Crippen LogP contribution in [0.1, 0.15) is 31.9 Å². The molecule has 0 saturated heterocycles. The number of hydrogen-bond donors (Lipinski definition) is 0. The van der Waals surface area contributed by atoms with Gasteiger partial charge in [-0.2, -0.15) is 0 Å². The lowest BCUT2D eigenvalue weighted by Crippen LogP contribution is -2.35. The zero-order valence-electron chi connectivity index (χ0n) is 15.4. The van der Waals surface area contributed by atoms with Crippen molar-refractivity contribution in [3.8, 4) is 5.75 Å². The van der Waals surface area contributed by atoms with Gasteiger partial charge < -0.3 is 9.64 Å². The maximum absolute atomic E-state index is 12.7. The largest absolute Gasteiger partial charge is 0.496 e. The molecule has 4 heteroatoms. The molecule has 0 radical (unpaired) electrons. The first kappa shape index (κ1) is 18.7. The smallest absolute Gasteiger partial charge is 0.247 e. The van der Waals surface area contributed by atoms with E-state index in [1.54, 1.807) is 25.6 Å². The van der Waals surface area contributed by atoms with Crippen LogP contribution >= 0.6 is 0 Å². The predicted octanol–water partition coefficient (Wildman–Crippen LogP) is 4.02. The van der Waals surface area contributed by atoms with Crippen LogP contribution in [0.3, 0.4) is 0 Å². The predicted molar refractivity (Wildman–Crippen MR) is 100 cm³/mol. The van der Waals surface area contributed by atoms with Gasteiger partial charge in [-0.05, 0) is 50.5 Å². The lowest BCUT2D eigenvalue weighted by molar-refractivity contribution is -0.128. The highest BCUT2D eigenvalue weighted by atomic mass is 16.5. The molecule has 132 valence electrons. The van der Waals surface area contributed by atoms with Crippen molar-refractivity contribution in [1.29, 1.82) is 0 Å². The molecular formula is C21H26N2O2. The van der Waals surface area contributed by atoms with Gasteiger partial charge in [-0.15, -0.1) is 0 Å². The molecule has 2 aromatic rings. The van der Waals surface area contributed by atoms with Crippen LogP contribution in [0.2, 0.25) is 0 Å². The number of amides is 1. The number of hydrogen-bond acceptors (Lipinski definition) is 3. The lowest BCUT2D eigenvalue weighted by Gasteiger charge is -2.26. The first-order valence-electron chi connectivity index (χ1n) is 8.50. The van der Waals surface area contributed by atoms with Crippen LogP contribution in [0.4, 0.5) is 0 Å². The number of ether oxygens (including phenoxy) is 1. The summed E-state index contributed by atoms with van der Waals surface area (Å²) in [5, 5.41) is 0. The number of rotatable bonds is 7. The SMILES string of the molecule is COc1ccccc1C/C(C)=C\C(=O)N(Cc1cccnc1)C(C)C. The second kappa shape index (κ2) is 9.02. The minimum absolute atomic E-state index is 0.0197. The zero-order chi connectivity index (χ0) is 18.2. The van der Waals surface area contributed by atoms with Crippen LogP contribution in [-0.2, 0) is 17.8 Å².